The fourth-order valence-electron chi connectivity index (χ4n) is 1.65. The van der Waals surface area contributed by atoms with Crippen molar-refractivity contribution in [1.82, 2.24) is 5.32 Å². The summed E-state index contributed by atoms with van der Waals surface area (Å²) in [5.74, 6) is -0.162. The van der Waals surface area contributed by atoms with Crippen molar-refractivity contribution in [2.45, 2.75) is 71.9 Å². The Bertz CT molecular complexity index is 191. The van der Waals surface area contributed by atoms with Gasteiger partial charge in [0.05, 0.1) is 6.54 Å². The minimum Gasteiger partial charge on any atom is -0.459 e. The van der Waals surface area contributed by atoms with Gasteiger partial charge in [0.1, 0.15) is 5.60 Å². The zero-order valence-corrected chi connectivity index (χ0v) is 11.4. The molecule has 0 unspecified atom stereocenters. The molecular weight excluding hydrogens is 202 g/mol. The number of ether oxygens (including phenoxy) is 1. The summed E-state index contributed by atoms with van der Waals surface area (Å²) in [5.41, 5.74) is -0.385. The van der Waals surface area contributed by atoms with Crippen molar-refractivity contribution in [3.05, 3.63) is 0 Å². The van der Waals surface area contributed by atoms with E-state index in [0.717, 1.165) is 25.7 Å². The first-order valence-corrected chi connectivity index (χ1v) is 6.34. The molecule has 16 heavy (non-hydrogen) atoms. The normalized spacial score (nSPS) is 11.9. The van der Waals surface area contributed by atoms with Crippen molar-refractivity contribution < 1.29 is 9.53 Å². The molecule has 96 valence electrons. The summed E-state index contributed by atoms with van der Waals surface area (Å²) in [5, 5.41) is 3.27. The van der Waals surface area contributed by atoms with Crippen molar-refractivity contribution in [3.63, 3.8) is 0 Å². The van der Waals surface area contributed by atoms with Gasteiger partial charge in [-0.3, -0.25) is 4.79 Å². The molecule has 0 fully saturated rings. The molecule has 0 aromatic carbocycles. The standard InChI is InChI=1S/C13H27NO2/c1-6-8-11(9-7-2)14-10-12(15)16-13(3,4)5/h11,14H,6-10H2,1-5H3. The number of carbonyl (C=O) groups excluding carboxylic acids is 1. The van der Waals surface area contributed by atoms with Gasteiger partial charge in [-0.2, -0.15) is 0 Å². The van der Waals surface area contributed by atoms with E-state index in [9.17, 15) is 4.79 Å². The summed E-state index contributed by atoms with van der Waals surface area (Å²) in [6, 6.07) is 0.447. The maximum atomic E-state index is 11.5. The second kappa shape index (κ2) is 7.66. The second-order valence-electron chi connectivity index (χ2n) is 5.24. The topological polar surface area (TPSA) is 38.3 Å². The Morgan fingerprint density at radius 3 is 2.06 bits per heavy atom. The highest BCUT2D eigenvalue weighted by atomic mass is 16.6. The molecule has 0 saturated carbocycles. The molecule has 3 nitrogen and oxygen atoms in total. The van der Waals surface area contributed by atoms with Crippen LogP contribution in [0.1, 0.15) is 60.3 Å². The summed E-state index contributed by atoms with van der Waals surface area (Å²) < 4.78 is 5.24. The van der Waals surface area contributed by atoms with Crippen LogP contribution in [-0.4, -0.2) is 24.2 Å². The van der Waals surface area contributed by atoms with Crippen LogP contribution in [-0.2, 0) is 9.53 Å². The molecule has 0 aromatic heterocycles. The monoisotopic (exact) mass is 229 g/mol. The van der Waals surface area contributed by atoms with Crippen molar-refractivity contribution >= 4 is 5.97 Å². The molecule has 0 aliphatic rings. The Morgan fingerprint density at radius 2 is 1.69 bits per heavy atom. The fourth-order valence-corrected chi connectivity index (χ4v) is 1.65. The molecule has 0 saturated heterocycles. The first-order chi connectivity index (χ1) is 7.39. The molecule has 0 aromatic rings. The van der Waals surface area contributed by atoms with Crippen LogP contribution in [0.15, 0.2) is 0 Å². The molecule has 0 radical (unpaired) electrons. The van der Waals surface area contributed by atoms with Crippen molar-refractivity contribution in [2.75, 3.05) is 6.54 Å². The van der Waals surface area contributed by atoms with Gasteiger partial charge in [-0.25, -0.2) is 0 Å². The Balaban J connectivity index is 3.86. The molecule has 0 amide bonds. The molecule has 1 N–H and O–H groups in total. The number of hydrogen-bond donors (Lipinski definition) is 1. The average Bonchev–Trinajstić information content (AvgIpc) is 2.12. The minimum atomic E-state index is -0.385. The molecule has 0 heterocycles. The molecule has 0 atom stereocenters. The van der Waals surface area contributed by atoms with E-state index in [1.165, 1.54) is 0 Å². The lowest BCUT2D eigenvalue weighted by atomic mass is 10.1. The van der Waals surface area contributed by atoms with Gasteiger partial charge < -0.3 is 10.1 Å². The van der Waals surface area contributed by atoms with Crippen LogP contribution in [0.5, 0.6) is 0 Å². The van der Waals surface area contributed by atoms with E-state index in [0.29, 0.717) is 12.6 Å². The van der Waals surface area contributed by atoms with Gasteiger partial charge in [0.2, 0.25) is 0 Å². The van der Waals surface area contributed by atoms with Gasteiger partial charge in [-0.05, 0) is 33.6 Å². The average molecular weight is 229 g/mol. The van der Waals surface area contributed by atoms with Crippen molar-refractivity contribution in [1.29, 1.82) is 0 Å². The largest absolute Gasteiger partial charge is 0.459 e. The molecule has 0 bridgehead atoms. The maximum Gasteiger partial charge on any atom is 0.320 e. The molecule has 0 rings (SSSR count). The molecule has 0 aliphatic carbocycles. The van der Waals surface area contributed by atoms with Crippen LogP contribution >= 0.6 is 0 Å². The third-order valence-electron chi connectivity index (χ3n) is 2.23. The van der Waals surface area contributed by atoms with E-state index < -0.39 is 0 Å². The highest BCUT2D eigenvalue weighted by molar-refractivity contribution is 5.72. The van der Waals surface area contributed by atoms with Gasteiger partial charge in [-0.1, -0.05) is 26.7 Å². The van der Waals surface area contributed by atoms with Crippen LogP contribution in [0.3, 0.4) is 0 Å². The van der Waals surface area contributed by atoms with E-state index in [2.05, 4.69) is 19.2 Å². The first kappa shape index (κ1) is 15.4. The highest BCUT2D eigenvalue weighted by Gasteiger charge is 2.16. The lowest BCUT2D eigenvalue weighted by Gasteiger charge is -2.21. The Hall–Kier alpha value is -0.570. The van der Waals surface area contributed by atoms with Crippen LogP contribution in [0.2, 0.25) is 0 Å². The highest BCUT2D eigenvalue weighted by Crippen LogP contribution is 2.07. The van der Waals surface area contributed by atoms with Crippen LogP contribution < -0.4 is 5.32 Å². The van der Waals surface area contributed by atoms with E-state index in [-0.39, 0.29) is 11.6 Å². The van der Waals surface area contributed by atoms with Gasteiger partial charge in [0.15, 0.2) is 0 Å². The quantitative estimate of drug-likeness (QED) is 0.682. The van der Waals surface area contributed by atoms with Crippen LogP contribution in [0.4, 0.5) is 0 Å². The smallest absolute Gasteiger partial charge is 0.320 e. The molecular formula is C13H27NO2. The van der Waals surface area contributed by atoms with Crippen LogP contribution in [0, 0.1) is 0 Å². The summed E-state index contributed by atoms with van der Waals surface area (Å²) >= 11 is 0. The third kappa shape index (κ3) is 8.72. The van der Waals surface area contributed by atoms with Gasteiger partial charge in [0.25, 0.3) is 0 Å². The van der Waals surface area contributed by atoms with Gasteiger partial charge in [-0.15, -0.1) is 0 Å². The maximum absolute atomic E-state index is 11.5. The summed E-state index contributed by atoms with van der Waals surface area (Å²) in [4.78, 5) is 11.5. The summed E-state index contributed by atoms with van der Waals surface area (Å²) in [6.07, 6.45) is 4.53. The second-order valence-corrected chi connectivity index (χ2v) is 5.24. The third-order valence-corrected chi connectivity index (χ3v) is 2.23. The number of rotatable bonds is 7. The Labute approximate surface area is 99.9 Å². The number of carbonyl (C=O) groups is 1. The first-order valence-electron chi connectivity index (χ1n) is 6.34. The Morgan fingerprint density at radius 1 is 1.19 bits per heavy atom. The van der Waals surface area contributed by atoms with Crippen LogP contribution in [0.25, 0.3) is 0 Å². The van der Waals surface area contributed by atoms with E-state index >= 15 is 0 Å². The van der Waals surface area contributed by atoms with Gasteiger partial charge in [0, 0.05) is 6.04 Å². The zero-order valence-electron chi connectivity index (χ0n) is 11.4. The molecule has 3 heteroatoms. The van der Waals surface area contributed by atoms with E-state index in [4.69, 9.17) is 4.74 Å². The van der Waals surface area contributed by atoms with Crippen molar-refractivity contribution in [3.8, 4) is 0 Å². The Kier molecular flexibility index (Phi) is 7.39. The van der Waals surface area contributed by atoms with Gasteiger partial charge >= 0.3 is 5.97 Å². The number of hydrogen-bond acceptors (Lipinski definition) is 3. The zero-order chi connectivity index (χ0) is 12.6. The van der Waals surface area contributed by atoms with Crippen molar-refractivity contribution in [2.24, 2.45) is 0 Å². The fraction of sp³-hybridized carbons (Fsp3) is 0.923. The number of nitrogens with one attached hydrogen (secondary N) is 1. The molecule has 0 spiro atoms. The summed E-state index contributed by atoms with van der Waals surface area (Å²) in [6.45, 7) is 10.3. The SMILES string of the molecule is CCCC(CCC)NCC(=O)OC(C)(C)C. The molecule has 0 aliphatic heterocycles. The summed E-state index contributed by atoms with van der Waals surface area (Å²) in [7, 11) is 0. The minimum absolute atomic E-state index is 0.162. The van der Waals surface area contributed by atoms with E-state index in [1.54, 1.807) is 0 Å². The predicted molar refractivity (Wildman–Crippen MR) is 67.5 cm³/mol. The lowest BCUT2D eigenvalue weighted by molar-refractivity contribution is -0.153. The predicted octanol–water partition coefficient (Wildman–Crippen LogP) is 2.89. The lowest BCUT2D eigenvalue weighted by Crippen LogP contribution is -2.37. The van der Waals surface area contributed by atoms with E-state index in [1.807, 2.05) is 20.8 Å². The number of esters is 1.